The molecule has 0 saturated heterocycles. The summed E-state index contributed by atoms with van der Waals surface area (Å²) in [4.78, 5) is 0. The van der Waals surface area contributed by atoms with E-state index in [2.05, 4.69) is 13.8 Å². The van der Waals surface area contributed by atoms with E-state index in [0.717, 1.165) is 17.8 Å². The molecule has 2 N–H and O–H groups in total. The van der Waals surface area contributed by atoms with E-state index in [9.17, 15) is 0 Å². The maximum Gasteiger partial charge on any atom is 0.0217 e. The average molecular weight is 181 g/mol. The van der Waals surface area contributed by atoms with Crippen molar-refractivity contribution in [3.05, 3.63) is 0 Å². The lowest BCUT2D eigenvalue weighted by Gasteiger charge is -2.34. The monoisotopic (exact) mass is 181 g/mol. The Labute approximate surface area is 82.1 Å². The molecule has 0 amide bonds. The van der Waals surface area contributed by atoms with Gasteiger partial charge in [0, 0.05) is 5.54 Å². The zero-order valence-electron chi connectivity index (χ0n) is 9.05. The van der Waals surface area contributed by atoms with Gasteiger partial charge in [-0.05, 0) is 30.6 Å². The first-order chi connectivity index (χ1) is 6.18. The van der Waals surface area contributed by atoms with Crippen LogP contribution >= 0.6 is 0 Å². The maximum atomic E-state index is 6.47. The highest BCUT2D eigenvalue weighted by molar-refractivity contribution is 5.12. The van der Waals surface area contributed by atoms with Gasteiger partial charge in [-0.3, -0.25) is 0 Å². The van der Waals surface area contributed by atoms with Gasteiger partial charge in [0.15, 0.2) is 0 Å². The van der Waals surface area contributed by atoms with Gasteiger partial charge in [0.05, 0.1) is 0 Å². The summed E-state index contributed by atoms with van der Waals surface area (Å²) in [7, 11) is 0. The molecule has 0 bridgehead atoms. The standard InChI is InChI=1S/C12H23N/c1-3-10-8-12(10,13)11-7-5-4-6-9(11)2/h9-11H,3-8,13H2,1-2H3. The molecule has 0 aromatic heterocycles. The molecule has 2 saturated carbocycles. The van der Waals surface area contributed by atoms with Crippen molar-refractivity contribution in [1.29, 1.82) is 0 Å². The summed E-state index contributed by atoms with van der Waals surface area (Å²) in [5.74, 6) is 2.57. The molecule has 2 aliphatic carbocycles. The van der Waals surface area contributed by atoms with Gasteiger partial charge < -0.3 is 5.73 Å². The fourth-order valence-electron chi connectivity index (χ4n) is 3.46. The minimum absolute atomic E-state index is 0.259. The molecule has 2 aliphatic rings. The Bertz CT molecular complexity index is 190. The van der Waals surface area contributed by atoms with Gasteiger partial charge in [-0.1, -0.05) is 39.5 Å². The Morgan fingerprint density at radius 1 is 1.31 bits per heavy atom. The van der Waals surface area contributed by atoms with Crippen LogP contribution in [0.2, 0.25) is 0 Å². The van der Waals surface area contributed by atoms with Crippen LogP contribution in [0.4, 0.5) is 0 Å². The van der Waals surface area contributed by atoms with Crippen LogP contribution in [-0.2, 0) is 0 Å². The maximum absolute atomic E-state index is 6.47. The smallest absolute Gasteiger partial charge is 0.0217 e. The van der Waals surface area contributed by atoms with Crippen molar-refractivity contribution in [2.24, 2.45) is 23.5 Å². The first-order valence-electron chi connectivity index (χ1n) is 5.97. The predicted molar refractivity (Wildman–Crippen MR) is 56.4 cm³/mol. The fourth-order valence-corrected chi connectivity index (χ4v) is 3.46. The van der Waals surface area contributed by atoms with Gasteiger partial charge in [0.2, 0.25) is 0 Å². The number of hydrogen-bond acceptors (Lipinski definition) is 1. The summed E-state index contributed by atoms with van der Waals surface area (Å²) >= 11 is 0. The summed E-state index contributed by atoms with van der Waals surface area (Å²) in [6.45, 7) is 4.69. The van der Waals surface area contributed by atoms with Gasteiger partial charge in [-0.2, -0.15) is 0 Å². The lowest BCUT2D eigenvalue weighted by atomic mass is 9.74. The third-order valence-corrected chi connectivity index (χ3v) is 4.49. The van der Waals surface area contributed by atoms with E-state index < -0.39 is 0 Å². The summed E-state index contributed by atoms with van der Waals surface area (Å²) in [6, 6.07) is 0. The van der Waals surface area contributed by atoms with Crippen LogP contribution in [0, 0.1) is 17.8 Å². The second-order valence-electron chi connectivity index (χ2n) is 5.29. The van der Waals surface area contributed by atoms with Crippen LogP contribution in [0.5, 0.6) is 0 Å². The molecule has 0 heterocycles. The Morgan fingerprint density at radius 2 is 2.00 bits per heavy atom. The van der Waals surface area contributed by atoms with Crippen LogP contribution in [0.25, 0.3) is 0 Å². The third-order valence-electron chi connectivity index (χ3n) is 4.49. The number of hydrogen-bond donors (Lipinski definition) is 1. The van der Waals surface area contributed by atoms with Crippen LogP contribution in [0.3, 0.4) is 0 Å². The topological polar surface area (TPSA) is 26.0 Å². The van der Waals surface area contributed by atoms with E-state index in [1.54, 1.807) is 0 Å². The highest BCUT2D eigenvalue weighted by Gasteiger charge is 2.55. The van der Waals surface area contributed by atoms with Crippen molar-refractivity contribution < 1.29 is 0 Å². The molecular formula is C12H23N. The van der Waals surface area contributed by atoms with E-state index in [1.807, 2.05) is 0 Å². The highest BCUT2D eigenvalue weighted by atomic mass is 14.9. The first kappa shape index (κ1) is 9.51. The van der Waals surface area contributed by atoms with E-state index >= 15 is 0 Å². The normalized spacial score (nSPS) is 50.5. The summed E-state index contributed by atoms with van der Waals surface area (Å²) in [5.41, 5.74) is 6.72. The van der Waals surface area contributed by atoms with Crippen molar-refractivity contribution in [2.45, 2.75) is 57.9 Å². The molecule has 2 rings (SSSR count). The Hall–Kier alpha value is -0.0400. The van der Waals surface area contributed by atoms with Gasteiger partial charge in [0.25, 0.3) is 0 Å². The molecule has 0 aromatic carbocycles. The van der Waals surface area contributed by atoms with Crippen molar-refractivity contribution in [1.82, 2.24) is 0 Å². The minimum atomic E-state index is 0.259. The fraction of sp³-hybridized carbons (Fsp3) is 1.00. The van der Waals surface area contributed by atoms with Crippen LogP contribution < -0.4 is 5.73 Å². The van der Waals surface area contributed by atoms with Crippen molar-refractivity contribution >= 4 is 0 Å². The molecule has 1 nitrogen and oxygen atoms in total. The SMILES string of the molecule is CCC1CC1(N)C1CCCCC1C. The number of rotatable bonds is 2. The largest absolute Gasteiger partial charge is 0.325 e. The molecule has 0 spiro atoms. The average Bonchev–Trinajstić information content (AvgIpc) is 2.79. The van der Waals surface area contributed by atoms with Gasteiger partial charge in [-0.15, -0.1) is 0 Å². The quantitative estimate of drug-likeness (QED) is 0.696. The molecule has 0 radical (unpaired) electrons. The second-order valence-corrected chi connectivity index (χ2v) is 5.29. The van der Waals surface area contributed by atoms with Crippen molar-refractivity contribution in [3.63, 3.8) is 0 Å². The van der Waals surface area contributed by atoms with Crippen LogP contribution in [-0.4, -0.2) is 5.54 Å². The van der Waals surface area contributed by atoms with Gasteiger partial charge in [0.1, 0.15) is 0 Å². The highest BCUT2D eigenvalue weighted by Crippen LogP contribution is 2.54. The van der Waals surface area contributed by atoms with Crippen LogP contribution in [0.15, 0.2) is 0 Å². The molecule has 1 heteroatoms. The summed E-state index contributed by atoms with van der Waals surface area (Å²) < 4.78 is 0. The van der Waals surface area contributed by atoms with E-state index in [0.29, 0.717) is 0 Å². The van der Waals surface area contributed by atoms with Gasteiger partial charge >= 0.3 is 0 Å². The lowest BCUT2D eigenvalue weighted by molar-refractivity contribution is 0.195. The molecule has 4 unspecified atom stereocenters. The third kappa shape index (κ3) is 1.52. The Kier molecular flexibility index (Phi) is 2.39. The molecule has 76 valence electrons. The van der Waals surface area contributed by atoms with Gasteiger partial charge in [-0.25, -0.2) is 0 Å². The van der Waals surface area contributed by atoms with Crippen molar-refractivity contribution in [3.8, 4) is 0 Å². The Morgan fingerprint density at radius 3 is 2.54 bits per heavy atom. The molecular weight excluding hydrogens is 158 g/mol. The minimum Gasteiger partial charge on any atom is -0.325 e. The zero-order chi connectivity index (χ0) is 9.47. The van der Waals surface area contributed by atoms with E-state index in [-0.39, 0.29) is 5.54 Å². The second kappa shape index (κ2) is 3.27. The molecule has 2 fully saturated rings. The van der Waals surface area contributed by atoms with E-state index in [4.69, 9.17) is 5.73 Å². The number of nitrogens with two attached hydrogens (primary N) is 1. The first-order valence-corrected chi connectivity index (χ1v) is 5.97. The molecule has 0 aromatic rings. The van der Waals surface area contributed by atoms with Crippen molar-refractivity contribution in [2.75, 3.05) is 0 Å². The zero-order valence-corrected chi connectivity index (χ0v) is 9.05. The molecule has 13 heavy (non-hydrogen) atoms. The summed E-state index contributed by atoms with van der Waals surface area (Å²) in [6.07, 6.45) is 8.27. The Balaban J connectivity index is 1.99. The molecule has 0 aliphatic heterocycles. The van der Waals surface area contributed by atoms with Crippen LogP contribution in [0.1, 0.15) is 52.4 Å². The lowest BCUT2D eigenvalue weighted by Crippen LogP contribution is -2.40. The van der Waals surface area contributed by atoms with E-state index in [1.165, 1.54) is 38.5 Å². The molecule has 4 atom stereocenters. The summed E-state index contributed by atoms with van der Waals surface area (Å²) in [5, 5.41) is 0. The predicted octanol–water partition coefficient (Wildman–Crippen LogP) is 2.94.